The molecule has 0 atom stereocenters. The van der Waals surface area contributed by atoms with Gasteiger partial charge in [0.05, 0.1) is 5.56 Å². The molecule has 0 unspecified atom stereocenters. The van der Waals surface area contributed by atoms with Crippen molar-refractivity contribution in [2.45, 2.75) is 0 Å². The molecule has 0 fully saturated rings. The lowest BCUT2D eigenvalue weighted by atomic mass is 10.1. The molecule has 3 heteroatoms. The van der Waals surface area contributed by atoms with Gasteiger partial charge in [0.1, 0.15) is 11.6 Å². The molecule has 90 valence electrons. The Morgan fingerprint density at radius 1 is 1.06 bits per heavy atom. The van der Waals surface area contributed by atoms with E-state index in [0.717, 1.165) is 5.56 Å². The molecule has 0 aliphatic rings. The highest BCUT2D eigenvalue weighted by molar-refractivity contribution is 6.08. The van der Waals surface area contributed by atoms with E-state index >= 15 is 0 Å². The Bertz CT molecular complexity index is 586. The predicted molar refractivity (Wildman–Crippen MR) is 67.9 cm³/mol. The van der Waals surface area contributed by atoms with Gasteiger partial charge in [-0.1, -0.05) is 30.3 Å². The van der Waals surface area contributed by atoms with Gasteiger partial charge in [-0.05, 0) is 35.9 Å². The number of hydrogen-bond donors (Lipinski definition) is 1. The van der Waals surface area contributed by atoms with Gasteiger partial charge in [0.2, 0.25) is 0 Å². The lowest BCUT2D eigenvalue weighted by molar-refractivity contribution is 0.104. The summed E-state index contributed by atoms with van der Waals surface area (Å²) in [6.45, 7) is 0. The number of hydrogen-bond acceptors (Lipinski definition) is 2. The number of rotatable bonds is 3. The van der Waals surface area contributed by atoms with Crippen LogP contribution < -0.4 is 0 Å². The zero-order chi connectivity index (χ0) is 13.0. The number of benzene rings is 2. The average Bonchev–Trinajstić information content (AvgIpc) is 2.38. The van der Waals surface area contributed by atoms with E-state index in [1.807, 2.05) is 0 Å². The summed E-state index contributed by atoms with van der Waals surface area (Å²) in [4.78, 5) is 11.8. The first kappa shape index (κ1) is 12.0. The van der Waals surface area contributed by atoms with Gasteiger partial charge in [0, 0.05) is 0 Å². The Balaban J connectivity index is 2.17. The molecule has 0 radical (unpaired) electrons. The predicted octanol–water partition coefficient (Wildman–Crippen LogP) is 3.43. The van der Waals surface area contributed by atoms with Gasteiger partial charge in [-0.15, -0.1) is 0 Å². The summed E-state index contributed by atoms with van der Waals surface area (Å²) < 4.78 is 12.7. The highest BCUT2D eigenvalue weighted by Crippen LogP contribution is 2.17. The number of carbonyl (C=O) groups excluding carboxylic acids is 1. The molecule has 2 aromatic rings. The van der Waals surface area contributed by atoms with Gasteiger partial charge >= 0.3 is 0 Å². The Kier molecular flexibility index (Phi) is 3.53. The van der Waals surface area contributed by atoms with Crippen molar-refractivity contribution < 1.29 is 14.3 Å². The fraction of sp³-hybridized carbons (Fsp3) is 0. The smallest absolute Gasteiger partial charge is 0.189 e. The van der Waals surface area contributed by atoms with E-state index in [-0.39, 0.29) is 22.9 Å². The molecule has 1 N–H and O–H groups in total. The van der Waals surface area contributed by atoms with Crippen molar-refractivity contribution in [2.24, 2.45) is 0 Å². The maximum Gasteiger partial charge on any atom is 0.189 e. The maximum absolute atomic E-state index is 12.7. The van der Waals surface area contributed by atoms with E-state index in [9.17, 15) is 14.3 Å². The van der Waals surface area contributed by atoms with E-state index in [1.165, 1.54) is 24.3 Å². The van der Waals surface area contributed by atoms with E-state index in [4.69, 9.17) is 0 Å². The minimum Gasteiger partial charge on any atom is -0.507 e. The number of ketones is 1. The largest absolute Gasteiger partial charge is 0.507 e. The lowest BCUT2D eigenvalue weighted by Crippen LogP contribution is -1.94. The molecular formula is C15H11FO2. The van der Waals surface area contributed by atoms with E-state index < -0.39 is 0 Å². The van der Waals surface area contributed by atoms with Gasteiger partial charge in [-0.25, -0.2) is 4.39 Å². The molecule has 0 aromatic heterocycles. The van der Waals surface area contributed by atoms with Crippen molar-refractivity contribution in [3.63, 3.8) is 0 Å². The van der Waals surface area contributed by atoms with Gasteiger partial charge in [-0.3, -0.25) is 4.79 Å². The quantitative estimate of drug-likeness (QED) is 0.661. The molecule has 0 bridgehead atoms. The third-order valence-corrected chi connectivity index (χ3v) is 2.47. The second-order valence-corrected chi connectivity index (χ2v) is 3.77. The summed E-state index contributed by atoms with van der Waals surface area (Å²) in [6, 6.07) is 12.1. The molecule has 18 heavy (non-hydrogen) atoms. The summed E-state index contributed by atoms with van der Waals surface area (Å²) in [6.07, 6.45) is 2.93. The zero-order valence-corrected chi connectivity index (χ0v) is 9.51. The van der Waals surface area contributed by atoms with Crippen LogP contribution in [0.1, 0.15) is 15.9 Å². The Hall–Kier alpha value is -2.42. The molecule has 0 heterocycles. The van der Waals surface area contributed by atoms with Crippen LogP contribution in [0, 0.1) is 5.82 Å². The minimum absolute atomic E-state index is 0.0498. The lowest BCUT2D eigenvalue weighted by Gasteiger charge is -1.99. The van der Waals surface area contributed by atoms with Crippen LogP contribution in [0.2, 0.25) is 0 Å². The van der Waals surface area contributed by atoms with Crippen LogP contribution in [-0.4, -0.2) is 10.9 Å². The van der Waals surface area contributed by atoms with Crippen LogP contribution in [0.15, 0.2) is 54.6 Å². The van der Waals surface area contributed by atoms with Gasteiger partial charge in [0.25, 0.3) is 0 Å². The van der Waals surface area contributed by atoms with Crippen LogP contribution in [0.25, 0.3) is 6.08 Å². The minimum atomic E-state index is -0.320. The number of carbonyl (C=O) groups is 1. The molecule has 0 aliphatic heterocycles. The van der Waals surface area contributed by atoms with Gasteiger partial charge in [0.15, 0.2) is 5.78 Å². The van der Waals surface area contributed by atoms with Crippen molar-refractivity contribution in [1.82, 2.24) is 0 Å². The first-order valence-corrected chi connectivity index (χ1v) is 5.43. The van der Waals surface area contributed by atoms with Crippen molar-refractivity contribution in [3.05, 3.63) is 71.6 Å². The Labute approximate surface area is 104 Å². The first-order valence-electron chi connectivity index (χ1n) is 5.43. The van der Waals surface area contributed by atoms with Gasteiger partial charge < -0.3 is 5.11 Å². The summed E-state index contributed by atoms with van der Waals surface area (Å²) >= 11 is 0. The monoisotopic (exact) mass is 242 g/mol. The Morgan fingerprint density at radius 3 is 2.39 bits per heavy atom. The number of allylic oxidation sites excluding steroid dienone is 1. The molecule has 0 aliphatic carbocycles. The number of halogens is 1. The van der Waals surface area contributed by atoms with Crippen LogP contribution in [0.5, 0.6) is 5.75 Å². The summed E-state index contributed by atoms with van der Waals surface area (Å²) in [5.41, 5.74) is 0.969. The SMILES string of the molecule is O=C(C=Cc1ccc(F)cc1)c1ccccc1O. The maximum atomic E-state index is 12.7. The number of para-hydroxylation sites is 1. The second kappa shape index (κ2) is 5.27. The summed E-state index contributed by atoms with van der Waals surface area (Å²) in [5, 5.41) is 9.51. The van der Waals surface area contributed by atoms with E-state index in [2.05, 4.69) is 0 Å². The van der Waals surface area contributed by atoms with Crippen molar-refractivity contribution in [1.29, 1.82) is 0 Å². The van der Waals surface area contributed by atoms with Crippen LogP contribution >= 0.6 is 0 Å². The van der Waals surface area contributed by atoms with E-state index in [0.29, 0.717) is 0 Å². The topological polar surface area (TPSA) is 37.3 Å². The van der Waals surface area contributed by atoms with Crippen molar-refractivity contribution in [2.75, 3.05) is 0 Å². The fourth-order valence-corrected chi connectivity index (χ4v) is 1.52. The molecule has 0 saturated heterocycles. The number of aromatic hydroxyl groups is 1. The fourth-order valence-electron chi connectivity index (χ4n) is 1.52. The molecule has 0 spiro atoms. The number of phenols is 1. The van der Waals surface area contributed by atoms with Crippen molar-refractivity contribution in [3.8, 4) is 5.75 Å². The molecular weight excluding hydrogens is 231 g/mol. The second-order valence-electron chi connectivity index (χ2n) is 3.77. The van der Waals surface area contributed by atoms with Gasteiger partial charge in [-0.2, -0.15) is 0 Å². The highest BCUT2D eigenvalue weighted by atomic mass is 19.1. The normalized spacial score (nSPS) is 10.7. The van der Waals surface area contributed by atoms with Crippen LogP contribution in [0.3, 0.4) is 0 Å². The molecule has 2 nitrogen and oxygen atoms in total. The third-order valence-electron chi connectivity index (χ3n) is 2.47. The average molecular weight is 242 g/mol. The molecule has 2 rings (SSSR count). The Morgan fingerprint density at radius 2 is 1.72 bits per heavy atom. The molecule has 0 saturated carbocycles. The first-order chi connectivity index (χ1) is 8.66. The molecule has 2 aromatic carbocycles. The van der Waals surface area contributed by atoms with Crippen LogP contribution in [0.4, 0.5) is 4.39 Å². The molecule has 0 amide bonds. The van der Waals surface area contributed by atoms with E-state index in [1.54, 1.807) is 36.4 Å². The summed E-state index contributed by atoms with van der Waals surface area (Å²) in [5.74, 6) is -0.664. The highest BCUT2D eigenvalue weighted by Gasteiger charge is 2.06. The van der Waals surface area contributed by atoms with Crippen molar-refractivity contribution >= 4 is 11.9 Å². The standard InChI is InChI=1S/C15H11FO2/c16-12-8-5-11(6-9-12)7-10-15(18)13-3-1-2-4-14(13)17/h1-10,17H. The third kappa shape index (κ3) is 2.83. The number of phenolic OH excluding ortho intramolecular Hbond substituents is 1. The summed E-state index contributed by atoms with van der Waals surface area (Å²) in [7, 11) is 0. The zero-order valence-electron chi connectivity index (χ0n) is 9.51. The van der Waals surface area contributed by atoms with Crippen LogP contribution in [-0.2, 0) is 0 Å².